The first-order valence-electron chi connectivity index (χ1n) is 9.13. The summed E-state index contributed by atoms with van der Waals surface area (Å²) in [7, 11) is 1.59. The standard InChI is InChI=1S/C22H20N4O2S/c1-14-7-8-17(9-15(14)2)26-21-19(11-25-26)22(24-13-23-21)29-12-20(27)16-5-4-6-18(10-16)28-3/h4-11,13H,12H2,1-3H3. The van der Waals surface area contributed by atoms with Gasteiger partial charge in [-0.05, 0) is 49.2 Å². The van der Waals surface area contributed by atoms with Gasteiger partial charge in [0.1, 0.15) is 17.1 Å². The van der Waals surface area contributed by atoms with Crippen molar-refractivity contribution in [2.45, 2.75) is 18.9 Å². The first-order chi connectivity index (χ1) is 14.1. The van der Waals surface area contributed by atoms with E-state index in [-0.39, 0.29) is 11.5 Å². The summed E-state index contributed by atoms with van der Waals surface area (Å²) in [5.41, 5.74) is 4.71. The second-order valence-electron chi connectivity index (χ2n) is 6.68. The highest BCUT2D eigenvalue weighted by Gasteiger charge is 2.14. The number of hydrogen-bond acceptors (Lipinski definition) is 6. The summed E-state index contributed by atoms with van der Waals surface area (Å²) in [6.45, 7) is 4.15. The Morgan fingerprint density at radius 3 is 2.76 bits per heavy atom. The van der Waals surface area contributed by atoms with Crippen LogP contribution in [-0.4, -0.2) is 38.4 Å². The largest absolute Gasteiger partial charge is 0.497 e. The number of methoxy groups -OCH3 is 1. The van der Waals surface area contributed by atoms with Crippen LogP contribution in [0.4, 0.5) is 0 Å². The Kier molecular flexibility index (Phi) is 5.31. The average molecular weight is 404 g/mol. The third-order valence-corrected chi connectivity index (χ3v) is 5.80. The van der Waals surface area contributed by atoms with Gasteiger partial charge in [0.2, 0.25) is 0 Å². The molecule has 0 radical (unpaired) electrons. The van der Waals surface area contributed by atoms with Crippen LogP contribution in [0.15, 0.2) is 60.0 Å². The molecular weight excluding hydrogens is 384 g/mol. The smallest absolute Gasteiger partial charge is 0.173 e. The molecule has 0 aliphatic carbocycles. The van der Waals surface area contributed by atoms with Crippen LogP contribution < -0.4 is 4.74 Å². The molecule has 0 saturated heterocycles. The van der Waals surface area contributed by atoms with Crippen molar-refractivity contribution in [2.24, 2.45) is 0 Å². The van der Waals surface area contributed by atoms with Gasteiger partial charge in [0.15, 0.2) is 11.4 Å². The van der Waals surface area contributed by atoms with E-state index in [1.807, 2.05) is 18.2 Å². The molecule has 146 valence electrons. The number of fused-ring (bicyclic) bond motifs is 1. The molecule has 0 atom stereocenters. The van der Waals surface area contributed by atoms with Gasteiger partial charge in [-0.1, -0.05) is 30.0 Å². The lowest BCUT2D eigenvalue weighted by atomic mass is 10.1. The Balaban J connectivity index is 1.59. The van der Waals surface area contributed by atoms with Crippen LogP contribution in [0.25, 0.3) is 16.7 Å². The molecule has 6 nitrogen and oxygen atoms in total. The summed E-state index contributed by atoms with van der Waals surface area (Å²) in [5.74, 6) is 0.954. The number of benzene rings is 2. The summed E-state index contributed by atoms with van der Waals surface area (Å²) >= 11 is 1.39. The number of carbonyl (C=O) groups is 1. The van der Waals surface area contributed by atoms with Crippen LogP contribution in [0.2, 0.25) is 0 Å². The number of thioether (sulfide) groups is 1. The minimum atomic E-state index is 0.0159. The normalized spacial score (nSPS) is 11.0. The predicted octanol–water partition coefficient (Wildman–Crippen LogP) is 4.42. The molecule has 0 fully saturated rings. The summed E-state index contributed by atoms with van der Waals surface area (Å²) in [6, 6.07) is 13.3. The highest BCUT2D eigenvalue weighted by Crippen LogP contribution is 2.27. The maximum absolute atomic E-state index is 12.6. The number of carbonyl (C=O) groups excluding carboxylic acids is 1. The number of aryl methyl sites for hydroxylation is 2. The molecule has 2 heterocycles. The van der Waals surface area contributed by atoms with Gasteiger partial charge in [0, 0.05) is 5.56 Å². The van der Waals surface area contributed by atoms with Crippen LogP contribution >= 0.6 is 11.8 Å². The fourth-order valence-corrected chi connectivity index (χ4v) is 3.85. The van der Waals surface area contributed by atoms with E-state index < -0.39 is 0 Å². The van der Waals surface area contributed by atoms with Crippen molar-refractivity contribution in [1.82, 2.24) is 19.7 Å². The van der Waals surface area contributed by atoms with Gasteiger partial charge in [-0.15, -0.1) is 0 Å². The highest BCUT2D eigenvalue weighted by atomic mass is 32.2. The highest BCUT2D eigenvalue weighted by molar-refractivity contribution is 8.00. The van der Waals surface area contributed by atoms with Crippen molar-refractivity contribution in [2.75, 3.05) is 12.9 Å². The maximum atomic E-state index is 12.6. The number of ether oxygens (including phenoxy) is 1. The molecule has 2 aromatic heterocycles. The summed E-state index contributed by atoms with van der Waals surface area (Å²) in [5, 5.41) is 6.07. The number of Topliss-reactive ketones (excluding diaryl/α,β-unsaturated/α-hetero) is 1. The molecule has 0 spiro atoms. The van der Waals surface area contributed by atoms with E-state index in [2.05, 4.69) is 41.0 Å². The summed E-state index contributed by atoms with van der Waals surface area (Å²) in [4.78, 5) is 21.4. The summed E-state index contributed by atoms with van der Waals surface area (Å²) < 4.78 is 7.00. The molecule has 0 aliphatic rings. The van der Waals surface area contributed by atoms with E-state index in [1.54, 1.807) is 30.1 Å². The van der Waals surface area contributed by atoms with Crippen molar-refractivity contribution in [3.8, 4) is 11.4 Å². The topological polar surface area (TPSA) is 69.9 Å². The molecule has 4 rings (SSSR count). The van der Waals surface area contributed by atoms with Crippen molar-refractivity contribution >= 4 is 28.6 Å². The Labute approximate surface area is 172 Å². The Morgan fingerprint density at radius 2 is 1.97 bits per heavy atom. The van der Waals surface area contributed by atoms with E-state index in [0.29, 0.717) is 11.3 Å². The first-order valence-corrected chi connectivity index (χ1v) is 10.1. The van der Waals surface area contributed by atoms with Gasteiger partial charge in [-0.2, -0.15) is 5.10 Å². The van der Waals surface area contributed by atoms with Gasteiger partial charge in [-0.3, -0.25) is 4.79 Å². The van der Waals surface area contributed by atoms with Crippen molar-refractivity contribution < 1.29 is 9.53 Å². The van der Waals surface area contributed by atoms with Gasteiger partial charge in [0.25, 0.3) is 0 Å². The maximum Gasteiger partial charge on any atom is 0.173 e. The Hall–Kier alpha value is -3.19. The molecular formula is C22H20N4O2S. The fourth-order valence-electron chi connectivity index (χ4n) is 3.00. The second-order valence-corrected chi connectivity index (χ2v) is 7.65. The second kappa shape index (κ2) is 8.05. The predicted molar refractivity (Wildman–Crippen MR) is 114 cm³/mol. The minimum Gasteiger partial charge on any atom is -0.497 e. The minimum absolute atomic E-state index is 0.0159. The molecule has 29 heavy (non-hydrogen) atoms. The first kappa shape index (κ1) is 19.1. The number of aromatic nitrogens is 4. The molecule has 7 heteroatoms. The number of nitrogens with zero attached hydrogens (tertiary/aromatic N) is 4. The van der Waals surface area contributed by atoms with Crippen LogP contribution in [-0.2, 0) is 0 Å². The fraction of sp³-hybridized carbons (Fsp3) is 0.182. The van der Waals surface area contributed by atoms with Crippen LogP contribution in [0.5, 0.6) is 5.75 Å². The number of ketones is 1. The van der Waals surface area contributed by atoms with Crippen LogP contribution in [0.1, 0.15) is 21.5 Å². The molecule has 0 unspecified atom stereocenters. The lowest BCUT2D eigenvalue weighted by molar-refractivity contribution is 0.102. The van der Waals surface area contributed by atoms with Crippen molar-refractivity contribution in [1.29, 1.82) is 0 Å². The third kappa shape index (κ3) is 3.86. The van der Waals surface area contributed by atoms with Crippen LogP contribution in [0.3, 0.4) is 0 Å². The quantitative estimate of drug-likeness (QED) is 0.269. The van der Waals surface area contributed by atoms with E-state index >= 15 is 0 Å². The lowest BCUT2D eigenvalue weighted by Gasteiger charge is -2.07. The summed E-state index contributed by atoms with van der Waals surface area (Å²) in [6.07, 6.45) is 3.27. The molecule has 4 aromatic rings. The van der Waals surface area contributed by atoms with Crippen LogP contribution in [0, 0.1) is 13.8 Å². The van der Waals surface area contributed by atoms with E-state index in [0.717, 1.165) is 21.7 Å². The molecule has 0 bridgehead atoms. The molecule has 0 aliphatic heterocycles. The van der Waals surface area contributed by atoms with E-state index in [4.69, 9.17) is 4.74 Å². The van der Waals surface area contributed by atoms with E-state index in [9.17, 15) is 4.79 Å². The zero-order valence-electron chi connectivity index (χ0n) is 16.4. The average Bonchev–Trinajstić information content (AvgIpc) is 3.18. The van der Waals surface area contributed by atoms with E-state index in [1.165, 1.54) is 29.2 Å². The lowest BCUT2D eigenvalue weighted by Crippen LogP contribution is -2.03. The molecule has 0 saturated carbocycles. The van der Waals surface area contributed by atoms with Crippen molar-refractivity contribution in [3.05, 3.63) is 71.7 Å². The zero-order chi connectivity index (χ0) is 20.4. The SMILES string of the molecule is COc1cccc(C(=O)CSc2ncnc3c2cnn3-c2ccc(C)c(C)c2)c1. The van der Waals surface area contributed by atoms with Gasteiger partial charge in [-0.25, -0.2) is 14.6 Å². The number of rotatable bonds is 6. The number of hydrogen-bond donors (Lipinski definition) is 0. The Bertz CT molecular complexity index is 1200. The van der Waals surface area contributed by atoms with Gasteiger partial charge in [0.05, 0.1) is 30.1 Å². The van der Waals surface area contributed by atoms with Gasteiger partial charge >= 0.3 is 0 Å². The van der Waals surface area contributed by atoms with Crippen molar-refractivity contribution in [3.63, 3.8) is 0 Å². The zero-order valence-corrected chi connectivity index (χ0v) is 17.2. The third-order valence-electron chi connectivity index (χ3n) is 4.80. The molecule has 0 N–H and O–H groups in total. The molecule has 2 aromatic carbocycles. The molecule has 0 amide bonds. The van der Waals surface area contributed by atoms with Gasteiger partial charge < -0.3 is 4.74 Å². The Morgan fingerprint density at radius 1 is 1.10 bits per heavy atom. The monoisotopic (exact) mass is 404 g/mol.